The fourth-order valence-corrected chi connectivity index (χ4v) is 2.54. The second-order valence-corrected chi connectivity index (χ2v) is 5.67. The van der Waals surface area contributed by atoms with Gasteiger partial charge in [-0.2, -0.15) is 5.26 Å². The molecule has 2 aromatic carbocycles. The Morgan fingerprint density at radius 1 is 1.22 bits per heavy atom. The first-order chi connectivity index (χ1) is 11.0. The molecule has 0 aliphatic heterocycles. The molecule has 1 amide bonds. The van der Waals surface area contributed by atoms with Gasteiger partial charge >= 0.3 is 0 Å². The number of hydrogen-bond acceptors (Lipinski definition) is 4. The Labute approximate surface area is 136 Å². The van der Waals surface area contributed by atoms with Crippen LogP contribution in [0.2, 0.25) is 0 Å². The van der Waals surface area contributed by atoms with Gasteiger partial charge in [0.05, 0.1) is 18.2 Å². The zero-order valence-corrected chi connectivity index (χ0v) is 13.2. The summed E-state index contributed by atoms with van der Waals surface area (Å²) >= 11 is -2.45. The quantitative estimate of drug-likeness (QED) is 0.852. The summed E-state index contributed by atoms with van der Waals surface area (Å²) in [5, 5.41) is 11.4. The SMILES string of the molecule is CC(=O)Nc1ccc(N(Cc2ccc(C#N)cc2)S(=O)[O-])cc1. The Bertz CT molecular complexity index is 752. The maximum atomic E-state index is 11.5. The monoisotopic (exact) mass is 328 g/mol. The molecule has 0 bridgehead atoms. The maximum absolute atomic E-state index is 11.5. The van der Waals surface area contributed by atoms with Crippen molar-refractivity contribution in [2.24, 2.45) is 0 Å². The molecule has 0 spiro atoms. The van der Waals surface area contributed by atoms with Crippen molar-refractivity contribution in [2.45, 2.75) is 13.5 Å². The van der Waals surface area contributed by atoms with Gasteiger partial charge in [-0.25, -0.2) is 0 Å². The van der Waals surface area contributed by atoms with Gasteiger partial charge in [0.2, 0.25) is 5.91 Å². The molecule has 7 heteroatoms. The van der Waals surface area contributed by atoms with Crippen molar-refractivity contribution in [1.82, 2.24) is 0 Å². The second-order valence-electron chi connectivity index (χ2n) is 4.79. The molecule has 23 heavy (non-hydrogen) atoms. The normalized spacial score (nSPS) is 11.3. The zero-order valence-electron chi connectivity index (χ0n) is 12.4. The fourth-order valence-electron chi connectivity index (χ4n) is 1.99. The molecule has 1 unspecified atom stereocenters. The molecular formula is C16H14N3O3S-. The van der Waals surface area contributed by atoms with Gasteiger partial charge < -0.3 is 9.87 Å². The lowest BCUT2D eigenvalue weighted by Gasteiger charge is -2.26. The van der Waals surface area contributed by atoms with Gasteiger partial charge in [0.25, 0.3) is 0 Å². The van der Waals surface area contributed by atoms with E-state index in [1.165, 1.54) is 11.2 Å². The number of nitrogens with zero attached hydrogens (tertiary/aromatic N) is 2. The Hall–Kier alpha value is -2.69. The number of nitriles is 1. The van der Waals surface area contributed by atoms with Crippen LogP contribution in [0.1, 0.15) is 18.1 Å². The third-order valence-corrected chi connectivity index (χ3v) is 3.76. The molecule has 0 heterocycles. The maximum Gasteiger partial charge on any atom is 0.221 e. The highest BCUT2D eigenvalue weighted by atomic mass is 32.2. The average molecular weight is 328 g/mol. The predicted octanol–water partition coefficient (Wildman–Crippen LogP) is 2.32. The highest BCUT2D eigenvalue weighted by Crippen LogP contribution is 2.21. The molecule has 2 aromatic rings. The molecule has 2 rings (SSSR count). The van der Waals surface area contributed by atoms with E-state index in [2.05, 4.69) is 5.32 Å². The van der Waals surface area contributed by atoms with Crippen molar-refractivity contribution >= 4 is 28.5 Å². The molecule has 118 valence electrons. The number of carbonyl (C=O) groups is 1. The van der Waals surface area contributed by atoms with E-state index < -0.39 is 11.3 Å². The number of carbonyl (C=O) groups excluding carboxylic acids is 1. The fraction of sp³-hybridized carbons (Fsp3) is 0.125. The summed E-state index contributed by atoms with van der Waals surface area (Å²) in [4.78, 5) is 11.0. The van der Waals surface area contributed by atoms with Crippen LogP contribution in [-0.2, 0) is 22.6 Å². The number of nitrogens with one attached hydrogen (secondary N) is 1. The smallest absolute Gasteiger partial charge is 0.221 e. The van der Waals surface area contributed by atoms with E-state index in [1.807, 2.05) is 6.07 Å². The summed E-state index contributed by atoms with van der Waals surface area (Å²) in [6, 6.07) is 15.2. The lowest BCUT2D eigenvalue weighted by Crippen LogP contribution is -2.24. The highest BCUT2D eigenvalue weighted by Gasteiger charge is 2.09. The molecule has 0 radical (unpaired) electrons. The number of amides is 1. The Balaban J connectivity index is 2.19. The minimum absolute atomic E-state index is 0.154. The third kappa shape index (κ3) is 4.64. The number of anilines is 2. The van der Waals surface area contributed by atoms with E-state index in [4.69, 9.17) is 5.26 Å². The van der Waals surface area contributed by atoms with E-state index in [0.717, 1.165) is 5.56 Å². The van der Waals surface area contributed by atoms with Crippen LogP contribution in [0.4, 0.5) is 11.4 Å². The standard InChI is InChI=1S/C16H15N3O3S/c1-12(20)18-15-6-8-16(9-7-15)19(23(21)22)11-14-4-2-13(10-17)3-5-14/h2-9H,11H2,1H3,(H,18,20)(H,21,22)/p-1. The third-order valence-electron chi connectivity index (χ3n) is 3.06. The summed E-state index contributed by atoms with van der Waals surface area (Å²) in [5.41, 5.74) is 2.36. The Morgan fingerprint density at radius 3 is 2.30 bits per heavy atom. The summed E-state index contributed by atoms with van der Waals surface area (Å²) < 4.78 is 24.2. The molecule has 0 saturated carbocycles. The molecule has 6 nitrogen and oxygen atoms in total. The Morgan fingerprint density at radius 2 is 1.83 bits per heavy atom. The molecule has 0 fully saturated rings. The first kappa shape index (κ1) is 16.7. The molecule has 1 atom stereocenters. The molecule has 1 N–H and O–H groups in total. The van der Waals surface area contributed by atoms with Crippen LogP contribution in [0.25, 0.3) is 0 Å². The van der Waals surface area contributed by atoms with E-state index in [-0.39, 0.29) is 12.5 Å². The van der Waals surface area contributed by atoms with Crippen molar-refractivity contribution in [1.29, 1.82) is 5.26 Å². The van der Waals surface area contributed by atoms with Gasteiger partial charge in [-0.15, -0.1) is 0 Å². The van der Waals surface area contributed by atoms with Crippen LogP contribution in [0.3, 0.4) is 0 Å². The van der Waals surface area contributed by atoms with Gasteiger partial charge in [0, 0.05) is 29.6 Å². The first-order valence-electron chi connectivity index (χ1n) is 6.73. The zero-order chi connectivity index (χ0) is 16.8. The number of hydrogen-bond donors (Lipinski definition) is 1. The Kier molecular flexibility index (Phi) is 5.46. The minimum atomic E-state index is -2.45. The summed E-state index contributed by atoms with van der Waals surface area (Å²) in [5.74, 6) is -0.195. The van der Waals surface area contributed by atoms with Crippen LogP contribution >= 0.6 is 0 Å². The van der Waals surface area contributed by atoms with Gasteiger partial charge in [0.1, 0.15) is 0 Å². The van der Waals surface area contributed by atoms with Gasteiger partial charge in [-0.1, -0.05) is 12.1 Å². The summed E-state index contributed by atoms with van der Waals surface area (Å²) in [7, 11) is 0. The summed E-state index contributed by atoms with van der Waals surface area (Å²) in [6.45, 7) is 1.55. The minimum Gasteiger partial charge on any atom is -0.755 e. The van der Waals surface area contributed by atoms with Crippen molar-refractivity contribution in [3.8, 4) is 6.07 Å². The van der Waals surface area contributed by atoms with Gasteiger partial charge in [-0.05, 0) is 42.0 Å². The lowest BCUT2D eigenvalue weighted by molar-refractivity contribution is -0.114. The number of benzene rings is 2. The molecule has 0 aliphatic rings. The molecule has 0 aliphatic carbocycles. The van der Waals surface area contributed by atoms with Crippen LogP contribution < -0.4 is 9.62 Å². The van der Waals surface area contributed by atoms with Crippen LogP contribution in [0.5, 0.6) is 0 Å². The largest absolute Gasteiger partial charge is 0.755 e. The molecular weight excluding hydrogens is 314 g/mol. The summed E-state index contributed by atoms with van der Waals surface area (Å²) in [6.07, 6.45) is 0. The van der Waals surface area contributed by atoms with Crippen molar-refractivity contribution in [3.63, 3.8) is 0 Å². The van der Waals surface area contributed by atoms with Gasteiger partial charge in [-0.3, -0.25) is 13.3 Å². The highest BCUT2D eigenvalue weighted by molar-refractivity contribution is 7.80. The van der Waals surface area contributed by atoms with Crippen molar-refractivity contribution in [2.75, 3.05) is 9.62 Å². The van der Waals surface area contributed by atoms with E-state index in [9.17, 15) is 13.6 Å². The van der Waals surface area contributed by atoms with E-state index in [0.29, 0.717) is 16.9 Å². The topological polar surface area (TPSA) is 96.3 Å². The van der Waals surface area contributed by atoms with E-state index in [1.54, 1.807) is 48.5 Å². The molecule has 0 aromatic heterocycles. The van der Waals surface area contributed by atoms with E-state index >= 15 is 0 Å². The van der Waals surface area contributed by atoms with Crippen LogP contribution in [-0.4, -0.2) is 14.7 Å². The van der Waals surface area contributed by atoms with Crippen molar-refractivity contribution in [3.05, 3.63) is 59.7 Å². The average Bonchev–Trinajstić information content (AvgIpc) is 2.53. The second kappa shape index (κ2) is 7.54. The van der Waals surface area contributed by atoms with Crippen LogP contribution in [0, 0.1) is 11.3 Å². The van der Waals surface area contributed by atoms with Crippen molar-refractivity contribution < 1.29 is 13.6 Å². The first-order valence-corrected chi connectivity index (χ1v) is 7.76. The van der Waals surface area contributed by atoms with Crippen LogP contribution in [0.15, 0.2) is 48.5 Å². The predicted molar refractivity (Wildman–Crippen MR) is 87.0 cm³/mol. The number of rotatable bonds is 5. The lowest BCUT2D eigenvalue weighted by atomic mass is 10.1. The molecule has 0 saturated heterocycles. The van der Waals surface area contributed by atoms with Gasteiger partial charge in [0.15, 0.2) is 0 Å².